The number of carbonyl (C=O) groups excluding carboxylic acids is 1. The number of aliphatic hydroxyl groups is 1. The summed E-state index contributed by atoms with van der Waals surface area (Å²) >= 11 is 0. The van der Waals surface area contributed by atoms with E-state index in [2.05, 4.69) is 92.1 Å². The van der Waals surface area contributed by atoms with Crippen LogP contribution in [0.3, 0.4) is 0 Å². The molecule has 0 aliphatic rings. The average molecular weight is 1210 g/mol. The highest BCUT2D eigenvalue weighted by Crippen LogP contribution is 2.38. The molecule has 496 valence electrons. The fourth-order valence-corrected chi connectivity index (χ4v) is 11.5. The van der Waals surface area contributed by atoms with Gasteiger partial charge in [-0.15, -0.1) is 0 Å². The number of rotatable bonds is 67. The lowest BCUT2D eigenvalue weighted by molar-refractivity contribution is -0.870. The van der Waals surface area contributed by atoms with E-state index in [9.17, 15) is 19.4 Å². The molecule has 0 saturated heterocycles. The fourth-order valence-electron chi connectivity index (χ4n) is 10.7. The van der Waals surface area contributed by atoms with E-state index in [4.69, 9.17) is 9.05 Å². The van der Waals surface area contributed by atoms with Crippen molar-refractivity contribution < 1.29 is 32.9 Å². The van der Waals surface area contributed by atoms with Gasteiger partial charge < -0.3 is 28.8 Å². The molecule has 2 N–H and O–H groups in total. The predicted molar refractivity (Wildman–Crippen MR) is 371 cm³/mol. The first-order valence-corrected chi connectivity index (χ1v) is 37.9. The molecule has 0 heterocycles. The molecule has 0 saturated carbocycles. The number of phosphoric acid groups is 1. The standard InChI is InChI=1S/C76H141N2O6P/c1-6-8-10-12-14-16-18-20-22-24-26-28-30-32-34-36-37-38-39-40-41-42-44-46-48-50-52-54-56-58-60-62-64-66-68-70-76(80)77-74(73-84-85(81,82)83-72-71-78(3,4)5)75(79)69-67-65-63-61-59-57-55-53-51-49-47-45-43-35-33-31-29-27-25-23-21-19-17-15-13-11-9-7-2/h8,10,14,16,20,22,26,28,32,34,59,61,67,69,74-75,79H,6-7,9,11-13,15,17-19,21,23-25,27,29-31,33,35-58,60,62-66,68,70-73H2,1-5H3,(H-,77,80,81,82)/b10-8-,16-14-,22-20-,28-26-,34-32-,61-59+,69-67+. The highest BCUT2D eigenvalue weighted by atomic mass is 31.2. The van der Waals surface area contributed by atoms with Crippen molar-refractivity contribution in [2.75, 3.05) is 40.9 Å². The van der Waals surface area contributed by atoms with Crippen molar-refractivity contribution in [1.29, 1.82) is 0 Å². The van der Waals surface area contributed by atoms with Gasteiger partial charge in [0.1, 0.15) is 13.2 Å². The van der Waals surface area contributed by atoms with Crippen LogP contribution in [0.25, 0.3) is 0 Å². The molecule has 3 atom stereocenters. The third-order valence-electron chi connectivity index (χ3n) is 16.3. The number of aliphatic hydroxyl groups excluding tert-OH is 1. The Kier molecular flexibility index (Phi) is 64.3. The van der Waals surface area contributed by atoms with Gasteiger partial charge in [0.15, 0.2) is 0 Å². The highest BCUT2D eigenvalue weighted by Gasteiger charge is 2.23. The molecule has 0 aromatic carbocycles. The Morgan fingerprint density at radius 2 is 0.729 bits per heavy atom. The normalized spacial score (nSPS) is 14.1. The Morgan fingerprint density at radius 3 is 1.09 bits per heavy atom. The van der Waals surface area contributed by atoms with Crippen molar-refractivity contribution in [3.8, 4) is 0 Å². The zero-order valence-corrected chi connectivity index (χ0v) is 57.7. The van der Waals surface area contributed by atoms with Gasteiger partial charge in [0, 0.05) is 6.42 Å². The molecular formula is C76H141N2O6P. The summed E-state index contributed by atoms with van der Waals surface area (Å²) in [6, 6.07) is -0.908. The van der Waals surface area contributed by atoms with Crippen LogP contribution in [0, 0.1) is 0 Å². The first kappa shape index (κ1) is 82.7. The van der Waals surface area contributed by atoms with Gasteiger partial charge >= 0.3 is 0 Å². The number of quaternary nitrogens is 1. The SMILES string of the molecule is CC/C=C\C/C=C\C/C=C\C/C=C\C/C=C\CCCCCCCCCCCCCCCCCCCCCC(=O)NC(COP(=O)([O-])OCC[N+](C)(C)C)C(O)/C=C/CC/C=C/CCCCCCCCCCCCCCCCCCCCCCCC. The Balaban J connectivity index is 4.06. The van der Waals surface area contributed by atoms with Gasteiger partial charge in [0.2, 0.25) is 5.91 Å². The molecule has 9 heteroatoms. The van der Waals surface area contributed by atoms with E-state index in [1.807, 2.05) is 27.2 Å². The number of carbonyl (C=O) groups is 1. The van der Waals surface area contributed by atoms with Crippen molar-refractivity contribution in [1.82, 2.24) is 5.32 Å². The molecule has 1 amide bonds. The first-order valence-electron chi connectivity index (χ1n) is 36.4. The van der Waals surface area contributed by atoms with Crippen molar-refractivity contribution in [3.63, 3.8) is 0 Å². The molecular weight excluding hydrogens is 1070 g/mol. The van der Waals surface area contributed by atoms with Crippen molar-refractivity contribution in [2.24, 2.45) is 0 Å². The lowest BCUT2D eigenvalue weighted by Crippen LogP contribution is -2.45. The molecule has 0 spiro atoms. The van der Waals surface area contributed by atoms with E-state index in [-0.39, 0.29) is 12.5 Å². The van der Waals surface area contributed by atoms with Crippen LogP contribution in [0.4, 0.5) is 0 Å². The van der Waals surface area contributed by atoms with Gasteiger partial charge in [-0.1, -0.05) is 343 Å². The van der Waals surface area contributed by atoms with Gasteiger partial charge in [-0.3, -0.25) is 9.36 Å². The van der Waals surface area contributed by atoms with Crippen molar-refractivity contribution in [3.05, 3.63) is 85.1 Å². The number of nitrogens with zero attached hydrogens (tertiary/aromatic N) is 1. The average Bonchev–Trinajstić information content (AvgIpc) is 3.48. The summed E-state index contributed by atoms with van der Waals surface area (Å²) in [5.74, 6) is -0.203. The summed E-state index contributed by atoms with van der Waals surface area (Å²) in [6.07, 6.45) is 94.4. The molecule has 0 aliphatic heterocycles. The summed E-state index contributed by atoms with van der Waals surface area (Å²) in [5, 5.41) is 14.0. The fraction of sp³-hybridized carbons (Fsp3) is 0.803. The molecule has 0 aliphatic carbocycles. The highest BCUT2D eigenvalue weighted by molar-refractivity contribution is 7.45. The lowest BCUT2D eigenvalue weighted by atomic mass is 10.0. The van der Waals surface area contributed by atoms with Crippen LogP contribution >= 0.6 is 7.82 Å². The van der Waals surface area contributed by atoms with Crippen LogP contribution in [0.15, 0.2) is 85.1 Å². The van der Waals surface area contributed by atoms with Gasteiger partial charge in [-0.25, -0.2) is 0 Å². The molecule has 0 aromatic heterocycles. The van der Waals surface area contributed by atoms with E-state index >= 15 is 0 Å². The molecule has 3 unspecified atom stereocenters. The molecule has 0 bridgehead atoms. The van der Waals surface area contributed by atoms with E-state index in [1.165, 1.54) is 250 Å². The second kappa shape index (κ2) is 66.1. The number of likely N-dealkylation sites (N-methyl/N-ethyl adjacent to an activating group) is 1. The Bertz CT molecular complexity index is 1660. The van der Waals surface area contributed by atoms with Crippen LogP contribution in [-0.4, -0.2) is 68.5 Å². The maximum absolute atomic E-state index is 13.0. The number of hydrogen-bond donors (Lipinski definition) is 2. The lowest BCUT2D eigenvalue weighted by Gasteiger charge is -2.29. The van der Waals surface area contributed by atoms with Crippen LogP contribution in [0.2, 0.25) is 0 Å². The Hall–Kier alpha value is -2.32. The zero-order chi connectivity index (χ0) is 61.9. The molecule has 85 heavy (non-hydrogen) atoms. The second-order valence-electron chi connectivity index (χ2n) is 25.9. The first-order chi connectivity index (χ1) is 41.5. The third kappa shape index (κ3) is 69.0. The smallest absolute Gasteiger partial charge is 0.268 e. The second-order valence-corrected chi connectivity index (χ2v) is 27.3. The largest absolute Gasteiger partial charge is 0.756 e. The summed E-state index contributed by atoms with van der Waals surface area (Å²) in [5.41, 5.74) is 0. The quantitative estimate of drug-likeness (QED) is 0.0272. The van der Waals surface area contributed by atoms with Gasteiger partial charge in [-0.2, -0.15) is 0 Å². The van der Waals surface area contributed by atoms with Crippen LogP contribution in [0.1, 0.15) is 341 Å². The van der Waals surface area contributed by atoms with Crippen molar-refractivity contribution >= 4 is 13.7 Å². The molecule has 0 fully saturated rings. The summed E-state index contributed by atoms with van der Waals surface area (Å²) < 4.78 is 23.5. The van der Waals surface area contributed by atoms with Gasteiger partial charge in [-0.05, 0) is 77.0 Å². The minimum absolute atomic E-state index is 0.00723. The van der Waals surface area contributed by atoms with E-state index < -0.39 is 26.6 Å². The molecule has 0 rings (SSSR count). The summed E-state index contributed by atoms with van der Waals surface area (Å²) in [7, 11) is 1.25. The molecule has 0 radical (unpaired) electrons. The zero-order valence-electron chi connectivity index (χ0n) is 56.8. The van der Waals surface area contributed by atoms with Crippen LogP contribution < -0.4 is 10.2 Å². The minimum Gasteiger partial charge on any atom is -0.756 e. The van der Waals surface area contributed by atoms with Crippen LogP contribution in [0.5, 0.6) is 0 Å². The topological polar surface area (TPSA) is 108 Å². The maximum Gasteiger partial charge on any atom is 0.268 e. The van der Waals surface area contributed by atoms with Crippen LogP contribution in [-0.2, 0) is 18.4 Å². The number of phosphoric ester groups is 1. The van der Waals surface area contributed by atoms with Crippen molar-refractivity contribution in [2.45, 2.75) is 353 Å². The number of unbranched alkanes of at least 4 members (excludes halogenated alkanes) is 42. The van der Waals surface area contributed by atoms with Gasteiger partial charge in [0.25, 0.3) is 7.82 Å². The summed E-state index contributed by atoms with van der Waals surface area (Å²) in [4.78, 5) is 25.7. The number of allylic oxidation sites excluding steroid dienone is 13. The van der Waals surface area contributed by atoms with E-state index in [0.29, 0.717) is 17.4 Å². The number of nitrogens with one attached hydrogen (secondary N) is 1. The Labute approximate surface area is 528 Å². The number of hydrogen-bond acceptors (Lipinski definition) is 6. The summed E-state index contributed by atoms with van der Waals surface area (Å²) in [6.45, 7) is 4.56. The van der Waals surface area contributed by atoms with E-state index in [0.717, 1.165) is 70.6 Å². The maximum atomic E-state index is 13.0. The number of amides is 1. The molecule has 0 aromatic rings. The Morgan fingerprint density at radius 1 is 0.424 bits per heavy atom. The molecule has 8 nitrogen and oxygen atoms in total. The third-order valence-corrected chi connectivity index (χ3v) is 17.3. The predicted octanol–water partition coefficient (Wildman–Crippen LogP) is 22.9. The van der Waals surface area contributed by atoms with Gasteiger partial charge in [0.05, 0.1) is 39.9 Å². The minimum atomic E-state index is -4.62. The monoisotopic (exact) mass is 1210 g/mol. The van der Waals surface area contributed by atoms with E-state index in [1.54, 1.807) is 6.08 Å².